The average molecular weight is 417 g/mol. The molecule has 0 unspecified atom stereocenters. The molecule has 12 heteroatoms. The minimum absolute atomic E-state index is 0.149. The summed E-state index contributed by atoms with van der Waals surface area (Å²) in [7, 11) is 1.73. The third-order valence-electron chi connectivity index (χ3n) is 3.57. The first-order chi connectivity index (χ1) is 13.6. The SMILES string of the molecule is Cn1c(SCC(=O)Nc2nccs2)nnc1-c1nc(-c2ccc(F)cc2)no1. The number of nitrogens with one attached hydrogen (secondary N) is 1. The Bertz CT molecular complexity index is 1090. The van der Waals surface area contributed by atoms with Crippen LogP contribution in [0.25, 0.3) is 23.1 Å². The highest BCUT2D eigenvalue weighted by Gasteiger charge is 2.19. The molecule has 4 aromatic rings. The minimum Gasteiger partial charge on any atom is -0.330 e. The highest BCUT2D eigenvalue weighted by molar-refractivity contribution is 7.99. The number of thioether (sulfide) groups is 1. The standard InChI is InChI=1S/C16H12FN7O2S2/c1-24-13(14-20-12(23-26-14)9-2-4-10(17)5-3-9)21-22-16(24)28-8-11(25)19-15-18-6-7-27-15/h2-7H,8H2,1H3,(H,18,19,25). The Morgan fingerprint density at radius 3 is 2.89 bits per heavy atom. The summed E-state index contributed by atoms with van der Waals surface area (Å²) in [5, 5.41) is 17.5. The Morgan fingerprint density at radius 1 is 1.32 bits per heavy atom. The lowest BCUT2D eigenvalue weighted by molar-refractivity contribution is -0.113. The van der Waals surface area contributed by atoms with E-state index in [0.29, 0.717) is 27.5 Å². The van der Waals surface area contributed by atoms with Gasteiger partial charge in [-0.15, -0.1) is 21.5 Å². The van der Waals surface area contributed by atoms with Crippen LogP contribution >= 0.6 is 23.1 Å². The van der Waals surface area contributed by atoms with Crippen molar-refractivity contribution < 1.29 is 13.7 Å². The summed E-state index contributed by atoms with van der Waals surface area (Å²) in [5.41, 5.74) is 0.618. The average Bonchev–Trinajstić information content (AvgIpc) is 3.42. The second kappa shape index (κ2) is 7.86. The fourth-order valence-electron chi connectivity index (χ4n) is 2.23. The van der Waals surface area contributed by atoms with E-state index in [1.165, 1.54) is 35.2 Å². The Kier molecular flexibility index (Phi) is 5.12. The van der Waals surface area contributed by atoms with Crippen molar-refractivity contribution in [2.45, 2.75) is 5.16 Å². The van der Waals surface area contributed by atoms with E-state index in [9.17, 15) is 9.18 Å². The van der Waals surface area contributed by atoms with Crippen molar-refractivity contribution in [1.29, 1.82) is 0 Å². The molecule has 1 aromatic carbocycles. The number of nitrogens with zero attached hydrogens (tertiary/aromatic N) is 6. The van der Waals surface area contributed by atoms with Crippen molar-refractivity contribution in [3.63, 3.8) is 0 Å². The molecule has 0 saturated carbocycles. The van der Waals surface area contributed by atoms with Crippen LogP contribution in [-0.4, -0.2) is 41.5 Å². The molecule has 1 amide bonds. The highest BCUT2D eigenvalue weighted by atomic mass is 32.2. The molecule has 0 aliphatic heterocycles. The number of amides is 1. The van der Waals surface area contributed by atoms with Gasteiger partial charge in [-0.25, -0.2) is 9.37 Å². The van der Waals surface area contributed by atoms with Gasteiger partial charge >= 0.3 is 0 Å². The fourth-order valence-corrected chi connectivity index (χ4v) is 3.48. The van der Waals surface area contributed by atoms with Crippen molar-refractivity contribution in [2.75, 3.05) is 11.1 Å². The quantitative estimate of drug-likeness (QED) is 0.477. The largest absolute Gasteiger partial charge is 0.330 e. The van der Waals surface area contributed by atoms with Gasteiger partial charge < -0.3 is 14.4 Å². The maximum atomic E-state index is 13.0. The summed E-state index contributed by atoms with van der Waals surface area (Å²) in [6, 6.07) is 5.75. The smallest absolute Gasteiger partial charge is 0.296 e. The van der Waals surface area contributed by atoms with Gasteiger partial charge in [0.05, 0.1) is 5.75 Å². The van der Waals surface area contributed by atoms with E-state index in [4.69, 9.17) is 4.52 Å². The zero-order valence-corrected chi connectivity index (χ0v) is 16.0. The van der Waals surface area contributed by atoms with Crippen LogP contribution in [0.5, 0.6) is 0 Å². The van der Waals surface area contributed by atoms with Gasteiger partial charge in [0, 0.05) is 24.2 Å². The summed E-state index contributed by atoms with van der Waals surface area (Å²) >= 11 is 2.56. The molecule has 28 heavy (non-hydrogen) atoms. The zero-order chi connectivity index (χ0) is 19.5. The number of halogens is 1. The van der Waals surface area contributed by atoms with Crippen molar-refractivity contribution in [1.82, 2.24) is 29.9 Å². The maximum Gasteiger partial charge on any atom is 0.296 e. The molecule has 3 aromatic heterocycles. The van der Waals surface area contributed by atoms with Crippen LogP contribution in [-0.2, 0) is 11.8 Å². The summed E-state index contributed by atoms with van der Waals surface area (Å²) < 4.78 is 20.0. The first-order valence-corrected chi connectivity index (χ1v) is 9.78. The Hall–Kier alpha value is -3.12. The number of rotatable bonds is 6. The first-order valence-electron chi connectivity index (χ1n) is 7.91. The van der Waals surface area contributed by atoms with Crippen LogP contribution < -0.4 is 5.32 Å². The van der Waals surface area contributed by atoms with E-state index in [0.717, 1.165) is 0 Å². The molecule has 3 heterocycles. The first kappa shape index (κ1) is 18.3. The van der Waals surface area contributed by atoms with Gasteiger partial charge in [0.25, 0.3) is 5.89 Å². The van der Waals surface area contributed by atoms with E-state index < -0.39 is 0 Å². The molecule has 1 N–H and O–H groups in total. The predicted molar refractivity (Wildman–Crippen MR) is 101 cm³/mol. The number of anilines is 1. The second-order valence-electron chi connectivity index (χ2n) is 5.47. The van der Waals surface area contributed by atoms with Gasteiger partial charge in [0.1, 0.15) is 5.82 Å². The number of benzene rings is 1. The molecular weight excluding hydrogens is 405 g/mol. The number of thiazole rings is 1. The van der Waals surface area contributed by atoms with Gasteiger partial charge in [0.2, 0.25) is 17.6 Å². The van der Waals surface area contributed by atoms with Crippen LogP contribution in [0.15, 0.2) is 45.5 Å². The zero-order valence-electron chi connectivity index (χ0n) is 14.4. The van der Waals surface area contributed by atoms with Gasteiger partial charge in [-0.2, -0.15) is 4.98 Å². The van der Waals surface area contributed by atoms with Crippen molar-refractivity contribution >= 4 is 34.1 Å². The monoisotopic (exact) mass is 417 g/mol. The lowest BCUT2D eigenvalue weighted by atomic mass is 10.2. The molecule has 0 radical (unpaired) electrons. The summed E-state index contributed by atoms with van der Waals surface area (Å²) in [4.78, 5) is 20.2. The van der Waals surface area contributed by atoms with Crippen molar-refractivity contribution in [3.05, 3.63) is 41.7 Å². The predicted octanol–water partition coefficient (Wildman–Crippen LogP) is 2.86. The Balaban J connectivity index is 1.45. The van der Waals surface area contributed by atoms with Crippen LogP contribution in [0.1, 0.15) is 0 Å². The molecule has 0 spiro atoms. The third kappa shape index (κ3) is 3.92. The van der Waals surface area contributed by atoms with E-state index in [1.54, 1.807) is 35.3 Å². The molecule has 4 rings (SSSR count). The number of aromatic nitrogens is 6. The number of hydrogen-bond donors (Lipinski definition) is 1. The normalized spacial score (nSPS) is 10.9. The highest BCUT2D eigenvalue weighted by Crippen LogP contribution is 2.24. The Morgan fingerprint density at radius 2 is 2.14 bits per heavy atom. The van der Waals surface area contributed by atoms with Gasteiger partial charge in [0.15, 0.2) is 10.3 Å². The van der Waals surface area contributed by atoms with Gasteiger partial charge in [-0.3, -0.25) is 4.79 Å². The number of carbonyl (C=O) groups excluding carboxylic acids is 1. The van der Waals surface area contributed by atoms with Crippen LogP contribution in [0.3, 0.4) is 0 Å². The van der Waals surface area contributed by atoms with E-state index >= 15 is 0 Å². The van der Waals surface area contributed by atoms with Gasteiger partial charge in [-0.1, -0.05) is 16.9 Å². The van der Waals surface area contributed by atoms with Gasteiger partial charge in [-0.05, 0) is 24.3 Å². The maximum absolute atomic E-state index is 13.0. The summed E-state index contributed by atoms with van der Waals surface area (Å²) in [6.07, 6.45) is 1.62. The summed E-state index contributed by atoms with van der Waals surface area (Å²) in [5.74, 6) is 0.463. The summed E-state index contributed by atoms with van der Waals surface area (Å²) in [6.45, 7) is 0. The molecule has 142 valence electrons. The molecule has 0 fully saturated rings. The molecule has 0 bridgehead atoms. The molecule has 9 nitrogen and oxygen atoms in total. The third-order valence-corrected chi connectivity index (χ3v) is 5.27. The molecule has 0 saturated heterocycles. The number of hydrogen-bond acceptors (Lipinski definition) is 9. The topological polar surface area (TPSA) is 112 Å². The number of carbonyl (C=O) groups is 1. The fraction of sp³-hybridized carbons (Fsp3) is 0.125. The van der Waals surface area contributed by atoms with Crippen LogP contribution in [0.2, 0.25) is 0 Å². The van der Waals surface area contributed by atoms with E-state index in [1.807, 2.05) is 0 Å². The molecule has 0 atom stereocenters. The van der Waals surface area contributed by atoms with E-state index in [-0.39, 0.29) is 23.4 Å². The molecule has 0 aliphatic carbocycles. The lowest BCUT2D eigenvalue weighted by Crippen LogP contribution is -2.14. The van der Waals surface area contributed by atoms with E-state index in [2.05, 4.69) is 30.6 Å². The lowest BCUT2D eigenvalue weighted by Gasteiger charge is -2.02. The van der Waals surface area contributed by atoms with Crippen molar-refractivity contribution in [3.8, 4) is 23.1 Å². The Labute approximate surface area is 166 Å². The van der Waals surface area contributed by atoms with Crippen molar-refractivity contribution in [2.24, 2.45) is 7.05 Å². The van der Waals surface area contributed by atoms with Crippen LogP contribution in [0.4, 0.5) is 9.52 Å². The minimum atomic E-state index is -0.346. The molecular formula is C16H12FN7O2S2. The molecule has 0 aliphatic rings. The second-order valence-corrected chi connectivity index (χ2v) is 7.31. The van der Waals surface area contributed by atoms with Crippen LogP contribution in [0, 0.1) is 5.82 Å².